The van der Waals surface area contributed by atoms with Gasteiger partial charge in [0.15, 0.2) is 0 Å². The van der Waals surface area contributed by atoms with Crippen LogP contribution >= 0.6 is 0 Å². The number of ether oxygens (including phenoxy) is 1. The topological polar surface area (TPSA) is 92.9 Å². The van der Waals surface area contributed by atoms with E-state index in [0.717, 1.165) is 25.7 Å². The van der Waals surface area contributed by atoms with Crippen LogP contribution < -0.4 is 5.73 Å². The second-order valence-electron chi connectivity index (χ2n) is 6.58. The van der Waals surface area contributed by atoms with Crippen LogP contribution in [0.1, 0.15) is 44.9 Å². The standard InChI is InChI=1S/C16H27N3O4/c1-23-12-16(10-13(17)20)7-5-9-19(16)15(22)11-18-8-4-2-3-6-14(18)21/h2-12H2,1H3,(H2,17,20). The van der Waals surface area contributed by atoms with E-state index in [0.29, 0.717) is 25.9 Å². The highest BCUT2D eigenvalue weighted by atomic mass is 16.5. The number of nitrogens with zero attached hydrogens (tertiary/aromatic N) is 2. The van der Waals surface area contributed by atoms with Crippen molar-refractivity contribution in [1.82, 2.24) is 9.80 Å². The third-order valence-corrected chi connectivity index (χ3v) is 4.81. The maximum absolute atomic E-state index is 12.8. The van der Waals surface area contributed by atoms with E-state index in [4.69, 9.17) is 10.5 Å². The number of likely N-dealkylation sites (tertiary alicyclic amines) is 2. The maximum Gasteiger partial charge on any atom is 0.242 e. The predicted octanol–water partition coefficient (Wildman–Crippen LogP) is 0.272. The molecule has 0 aromatic rings. The van der Waals surface area contributed by atoms with Gasteiger partial charge in [0, 0.05) is 26.6 Å². The molecule has 2 N–H and O–H groups in total. The third kappa shape index (κ3) is 4.22. The van der Waals surface area contributed by atoms with Gasteiger partial charge >= 0.3 is 0 Å². The molecule has 0 radical (unpaired) electrons. The number of nitrogens with two attached hydrogens (primary N) is 1. The van der Waals surface area contributed by atoms with Crippen LogP contribution in [0, 0.1) is 0 Å². The van der Waals surface area contributed by atoms with E-state index >= 15 is 0 Å². The largest absolute Gasteiger partial charge is 0.382 e. The summed E-state index contributed by atoms with van der Waals surface area (Å²) in [4.78, 5) is 39.7. The molecule has 130 valence electrons. The Morgan fingerprint density at radius 1 is 1.22 bits per heavy atom. The van der Waals surface area contributed by atoms with Gasteiger partial charge in [-0.05, 0) is 25.7 Å². The van der Waals surface area contributed by atoms with Gasteiger partial charge in [0.1, 0.15) is 0 Å². The Balaban J connectivity index is 2.09. The fourth-order valence-corrected chi connectivity index (χ4v) is 3.76. The van der Waals surface area contributed by atoms with Crippen LogP contribution in [0.25, 0.3) is 0 Å². The molecule has 0 spiro atoms. The van der Waals surface area contributed by atoms with Crippen molar-refractivity contribution in [2.24, 2.45) is 5.73 Å². The van der Waals surface area contributed by atoms with Gasteiger partial charge < -0.3 is 20.3 Å². The van der Waals surface area contributed by atoms with Crippen molar-refractivity contribution in [3.8, 4) is 0 Å². The first-order chi connectivity index (χ1) is 11.0. The zero-order valence-electron chi connectivity index (χ0n) is 13.9. The Labute approximate surface area is 137 Å². The number of primary amides is 1. The normalized spacial score (nSPS) is 25.5. The molecule has 2 saturated heterocycles. The summed E-state index contributed by atoms with van der Waals surface area (Å²) in [7, 11) is 1.56. The second-order valence-corrected chi connectivity index (χ2v) is 6.58. The van der Waals surface area contributed by atoms with Crippen molar-refractivity contribution >= 4 is 17.7 Å². The lowest BCUT2D eigenvalue weighted by molar-refractivity contribution is -0.145. The van der Waals surface area contributed by atoms with Crippen molar-refractivity contribution in [2.75, 3.05) is 33.4 Å². The smallest absolute Gasteiger partial charge is 0.242 e. The Morgan fingerprint density at radius 3 is 2.70 bits per heavy atom. The molecule has 7 heteroatoms. The van der Waals surface area contributed by atoms with Crippen LogP contribution in [-0.4, -0.2) is 66.4 Å². The third-order valence-electron chi connectivity index (χ3n) is 4.81. The van der Waals surface area contributed by atoms with E-state index in [1.165, 1.54) is 0 Å². The molecule has 2 heterocycles. The van der Waals surface area contributed by atoms with E-state index in [-0.39, 0.29) is 31.4 Å². The minimum absolute atomic E-state index is 0.0438. The summed E-state index contributed by atoms with van der Waals surface area (Å²) < 4.78 is 5.26. The van der Waals surface area contributed by atoms with Crippen molar-refractivity contribution in [2.45, 2.75) is 50.5 Å². The molecule has 7 nitrogen and oxygen atoms in total. The highest BCUT2D eigenvalue weighted by Crippen LogP contribution is 2.33. The molecule has 23 heavy (non-hydrogen) atoms. The number of amides is 3. The minimum Gasteiger partial charge on any atom is -0.382 e. The van der Waals surface area contributed by atoms with Gasteiger partial charge in [-0.25, -0.2) is 0 Å². The van der Waals surface area contributed by atoms with Crippen LogP contribution in [0.15, 0.2) is 0 Å². The van der Waals surface area contributed by atoms with Crippen molar-refractivity contribution in [3.05, 3.63) is 0 Å². The van der Waals surface area contributed by atoms with Gasteiger partial charge in [0.05, 0.1) is 25.1 Å². The summed E-state index contributed by atoms with van der Waals surface area (Å²) in [5.41, 5.74) is 4.72. The van der Waals surface area contributed by atoms with Crippen molar-refractivity contribution in [1.29, 1.82) is 0 Å². The molecular weight excluding hydrogens is 298 g/mol. The predicted molar refractivity (Wildman–Crippen MR) is 84.4 cm³/mol. The molecule has 2 aliphatic heterocycles. The van der Waals surface area contributed by atoms with E-state index in [9.17, 15) is 14.4 Å². The minimum atomic E-state index is -0.660. The number of carbonyl (C=O) groups is 3. The first-order valence-corrected chi connectivity index (χ1v) is 8.34. The van der Waals surface area contributed by atoms with Gasteiger partial charge in [-0.2, -0.15) is 0 Å². The molecule has 2 aliphatic rings. The fourth-order valence-electron chi connectivity index (χ4n) is 3.76. The van der Waals surface area contributed by atoms with Gasteiger partial charge in [-0.3, -0.25) is 14.4 Å². The van der Waals surface area contributed by atoms with E-state index in [2.05, 4.69) is 0 Å². The average Bonchev–Trinajstić information content (AvgIpc) is 2.77. The first kappa shape index (κ1) is 17.7. The number of hydrogen-bond acceptors (Lipinski definition) is 4. The highest BCUT2D eigenvalue weighted by Gasteiger charge is 2.45. The average molecular weight is 325 g/mol. The lowest BCUT2D eigenvalue weighted by atomic mass is 9.92. The van der Waals surface area contributed by atoms with Gasteiger partial charge in [0.25, 0.3) is 0 Å². The van der Waals surface area contributed by atoms with E-state index < -0.39 is 11.4 Å². The quantitative estimate of drug-likeness (QED) is 0.759. The Morgan fingerprint density at radius 2 is 2.00 bits per heavy atom. The molecular formula is C16H27N3O4. The maximum atomic E-state index is 12.8. The Hall–Kier alpha value is -1.63. The Bertz CT molecular complexity index is 468. The number of hydrogen-bond donors (Lipinski definition) is 1. The van der Waals surface area contributed by atoms with Crippen LogP contribution in [0.2, 0.25) is 0 Å². The highest BCUT2D eigenvalue weighted by molar-refractivity contribution is 5.86. The van der Waals surface area contributed by atoms with E-state index in [1.807, 2.05) is 0 Å². The van der Waals surface area contributed by atoms with Crippen LogP contribution in [-0.2, 0) is 19.1 Å². The summed E-state index contributed by atoms with van der Waals surface area (Å²) in [6, 6.07) is 0. The second kappa shape index (κ2) is 7.77. The molecule has 0 aliphatic carbocycles. The Kier molecular flexibility index (Phi) is 5.98. The first-order valence-electron chi connectivity index (χ1n) is 8.34. The molecule has 1 atom stereocenters. The molecule has 2 fully saturated rings. The molecule has 0 aromatic carbocycles. The van der Waals surface area contributed by atoms with Crippen LogP contribution in [0.5, 0.6) is 0 Å². The summed E-state index contributed by atoms with van der Waals surface area (Å²) in [5.74, 6) is -0.508. The fraction of sp³-hybridized carbons (Fsp3) is 0.812. The molecule has 3 amide bonds. The SMILES string of the molecule is COCC1(CC(N)=O)CCCN1C(=O)CN1CCCCCC1=O. The molecule has 0 aromatic heterocycles. The van der Waals surface area contributed by atoms with Crippen LogP contribution in [0.3, 0.4) is 0 Å². The molecule has 2 rings (SSSR count). The molecule has 0 saturated carbocycles. The van der Waals surface area contributed by atoms with Crippen molar-refractivity contribution in [3.63, 3.8) is 0 Å². The van der Waals surface area contributed by atoms with Gasteiger partial charge in [-0.15, -0.1) is 0 Å². The lowest BCUT2D eigenvalue weighted by Gasteiger charge is -2.38. The summed E-state index contributed by atoms with van der Waals surface area (Å²) in [6.45, 7) is 1.59. The molecule has 1 unspecified atom stereocenters. The summed E-state index contributed by atoms with van der Waals surface area (Å²) in [6.07, 6.45) is 4.97. The number of rotatable bonds is 6. The summed E-state index contributed by atoms with van der Waals surface area (Å²) >= 11 is 0. The zero-order chi connectivity index (χ0) is 16.9. The lowest BCUT2D eigenvalue weighted by Crippen LogP contribution is -2.55. The van der Waals surface area contributed by atoms with Gasteiger partial charge in [-0.1, -0.05) is 6.42 Å². The van der Waals surface area contributed by atoms with E-state index in [1.54, 1.807) is 16.9 Å². The van der Waals surface area contributed by atoms with Crippen LogP contribution in [0.4, 0.5) is 0 Å². The summed E-state index contributed by atoms with van der Waals surface area (Å²) in [5, 5.41) is 0. The van der Waals surface area contributed by atoms with Gasteiger partial charge in [0.2, 0.25) is 17.7 Å². The zero-order valence-corrected chi connectivity index (χ0v) is 13.9. The molecule has 0 bridgehead atoms. The number of carbonyl (C=O) groups excluding carboxylic acids is 3. The number of methoxy groups -OCH3 is 1. The monoisotopic (exact) mass is 325 g/mol. The van der Waals surface area contributed by atoms with Crippen molar-refractivity contribution < 1.29 is 19.1 Å².